The van der Waals surface area contributed by atoms with Gasteiger partial charge >= 0.3 is 283 Å². The van der Waals surface area contributed by atoms with Crippen LogP contribution in [0.25, 0.3) is 0 Å². The molecule has 0 aliphatic carbocycles. The molecule has 2 aliphatic rings. The molecule has 0 unspecified atom stereocenters. The van der Waals surface area contributed by atoms with E-state index < -0.39 is 37.6 Å². The van der Waals surface area contributed by atoms with Gasteiger partial charge in [-0.1, -0.05) is 0 Å². The molecular formula is C37H68O5Sn2. The molecule has 2 saturated heterocycles. The van der Waals surface area contributed by atoms with Gasteiger partial charge in [0.15, 0.2) is 0 Å². The van der Waals surface area contributed by atoms with Crippen LogP contribution in [-0.2, 0) is 27.0 Å². The van der Waals surface area contributed by atoms with Crippen LogP contribution in [0.3, 0.4) is 0 Å². The van der Waals surface area contributed by atoms with Crippen LogP contribution in [0.1, 0.15) is 124 Å². The average Bonchev–Trinajstić information content (AvgIpc) is 3.49. The summed E-state index contributed by atoms with van der Waals surface area (Å²) in [6.45, 7) is 15.2. The second-order valence-electron chi connectivity index (χ2n) is 13.8. The van der Waals surface area contributed by atoms with Crippen LogP contribution in [0.5, 0.6) is 0 Å². The van der Waals surface area contributed by atoms with Crippen molar-refractivity contribution < 1.29 is 20.4 Å². The summed E-state index contributed by atoms with van der Waals surface area (Å²) in [5.74, 6) is 0. The fourth-order valence-corrected chi connectivity index (χ4v) is 35.4. The number of hydrogen-bond acceptors (Lipinski definition) is 5. The molecule has 5 atom stereocenters. The molecule has 2 aliphatic heterocycles. The molecule has 2 bridgehead atoms. The zero-order chi connectivity index (χ0) is 31.7. The van der Waals surface area contributed by atoms with Gasteiger partial charge in [-0.2, -0.15) is 0 Å². The molecule has 1 aromatic rings. The first kappa shape index (κ1) is 39.1. The molecule has 3 rings (SSSR count). The van der Waals surface area contributed by atoms with Crippen LogP contribution in [0.4, 0.5) is 0 Å². The first-order chi connectivity index (χ1) is 21.5. The first-order valence-corrected chi connectivity index (χ1v) is 33.2. The van der Waals surface area contributed by atoms with Gasteiger partial charge in [0.1, 0.15) is 0 Å². The van der Waals surface area contributed by atoms with Crippen molar-refractivity contribution in [3.63, 3.8) is 0 Å². The summed E-state index contributed by atoms with van der Waals surface area (Å²) in [5, 5.41) is 0. The van der Waals surface area contributed by atoms with Crippen LogP contribution < -0.4 is 0 Å². The van der Waals surface area contributed by atoms with Crippen LogP contribution in [0, 0.1) is 0 Å². The molecule has 0 saturated carbocycles. The normalized spacial score (nSPS) is 23.8. The second kappa shape index (κ2) is 21.6. The Labute approximate surface area is 281 Å². The summed E-state index contributed by atoms with van der Waals surface area (Å²) in [5.41, 5.74) is 1.20. The summed E-state index contributed by atoms with van der Waals surface area (Å²) in [6, 6.07) is 10.6. The van der Waals surface area contributed by atoms with Crippen molar-refractivity contribution in [2.45, 2.75) is 183 Å². The van der Waals surface area contributed by atoms with Crippen molar-refractivity contribution in [2.75, 3.05) is 6.61 Å². The Morgan fingerprint density at radius 3 is 1.45 bits per heavy atom. The number of fused-ring (bicyclic) bond motifs is 2. The van der Waals surface area contributed by atoms with Gasteiger partial charge in [-0.15, -0.1) is 0 Å². The number of unbranched alkanes of at least 4 members (excludes halogenated alkanes) is 6. The Bertz CT molecular complexity index is 827. The third kappa shape index (κ3) is 11.9. The maximum atomic E-state index is 7.87. The number of benzene rings is 1. The van der Waals surface area contributed by atoms with Gasteiger partial charge in [0, 0.05) is 0 Å². The Balaban J connectivity index is 2.04. The zero-order valence-electron chi connectivity index (χ0n) is 29.5. The molecule has 1 aromatic carbocycles. The molecule has 5 nitrogen and oxygen atoms in total. The van der Waals surface area contributed by atoms with E-state index in [1.165, 1.54) is 109 Å². The summed E-state index contributed by atoms with van der Waals surface area (Å²) in [4.78, 5) is 0. The van der Waals surface area contributed by atoms with E-state index in [9.17, 15) is 0 Å². The number of rotatable bonds is 25. The van der Waals surface area contributed by atoms with Crippen molar-refractivity contribution >= 4 is 37.6 Å². The Morgan fingerprint density at radius 1 is 0.591 bits per heavy atom. The predicted molar refractivity (Wildman–Crippen MR) is 189 cm³/mol. The SMILES string of the molecule is CCC[CH2][Sn]([CH2]CCC)([CH2]CCC)[O][C@H]1[C@@H](OCc2ccccc2)[C@H]2CO[C@H](O2)[C@@H]1[O][Sn]([CH2]CCC)([CH2]CCC)[CH2]CCC. The van der Waals surface area contributed by atoms with Gasteiger partial charge in [-0.25, -0.2) is 0 Å². The van der Waals surface area contributed by atoms with Crippen LogP contribution in [0.15, 0.2) is 30.3 Å². The second-order valence-corrected chi connectivity index (χ2v) is 37.2. The Hall–Kier alpha value is 0.617. The zero-order valence-corrected chi connectivity index (χ0v) is 35.2. The minimum atomic E-state index is -3.05. The van der Waals surface area contributed by atoms with Gasteiger partial charge in [-0.05, 0) is 0 Å². The monoisotopic (exact) mass is 832 g/mol. The average molecular weight is 830 g/mol. The fraction of sp³-hybridized carbons (Fsp3) is 0.838. The van der Waals surface area contributed by atoms with E-state index >= 15 is 0 Å². The van der Waals surface area contributed by atoms with E-state index in [2.05, 4.69) is 71.9 Å². The fourth-order valence-electron chi connectivity index (χ4n) is 7.24. The summed E-state index contributed by atoms with van der Waals surface area (Å²) < 4.78 is 43.5. The van der Waals surface area contributed by atoms with E-state index in [0.717, 1.165) is 0 Å². The molecule has 2 fully saturated rings. The molecule has 0 amide bonds. The van der Waals surface area contributed by atoms with Crippen LogP contribution in [-0.4, -0.2) is 74.9 Å². The maximum absolute atomic E-state index is 7.87. The molecule has 44 heavy (non-hydrogen) atoms. The third-order valence-corrected chi connectivity index (χ3v) is 36.1. The van der Waals surface area contributed by atoms with Crippen LogP contribution >= 0.6 is 0 Å². The van der Waals surface area contributed by atoms with Crippen molar-refractivity contribution in [1.82, 2.24) is 0 Å². The van der Waals surface area contributed by atoms with Crippen molar-refractivity contribution in [2.24, 2.45) is 0 Å². The van der Waals surface area contributed by atoms with Crippen molar-refractivity contribution in [3.8, 4) is 0 Å². The molecule has 254 valence electrons. The van der Waals surface area contributed by atoms with Crippen LogP contribution in [0.2, 0.25) is 26.6 Å². The van der Waals surface area contributed by atoms with Gasteiger partial charge in [0.2, 0.25) is 0 Å². The first-order valence-electron chi connectivity index (χ1n) is 18.8. The van der Waals surface area contributed by atoms with Crippen molar-refractivity contribution in [1.29, 1.82) is 0 Å². The van der Waals surface area contributed by atoms with Crippen molar-refractivity contribution in [3.05, 3.63) is 35.9 Å². The van der Waals surface area contributed by atoms with E-state index in [1.54, 1.807) is 0 Å². The Kier molecular flexibility index (Phi) is 19.1. The summed E-state index contributed by atoms with van der Waals surface area (Å²) >= 11 is -6.08. The van der Waals surface area contributed by atoms with Gasteiger partial charge in [-0.3, -0.25) is 0 Å². The minimum absolute atomic E-state index is 0.0902. The topological polar surface area (TPSA) is 46.2 Å². The molecule has 0 N–H and O–H groups in total. The summed E-state index contributed by atoms with van der Waals surface area (Å²) in [6.07, 6.45) is 14.2. The molecular weight excluding hydrogens is 762 g/mol. The quantitative estimate of drug-likeness (QED) is 0.0919. The molecule has 2 heterocycles. The van der Waals surface area contributed by atoms with E-state index in [0.29, 0.717) is 13.2 Å². The third-order valence-electron chi connectivity index (χ3n) is 9.99. The van der Waals surface area contributed by atoms with E-state index in [1.807, 2.05) is 0 Å². The van der Waals surface area contributed by atoms with Gasteiger partial charge < -0.3 is 0 Å². The number of hydrogen-bond donors (Lipinski definition) is 0. The number of ether oxygens (including phenoxy) is 3. The van der Waals surface area contributed by atoms with E-state index in [-0.39, 0.29) is 30.7 Å². The van der Waals surface area contributed by atoms with Gasteiger partial charge in [0.25, 0.3) is 0 Å². The molecule has 0 radical (unpaired) electrons. The predicted octanol–water partition coefficient (Wildman–Crippen LogP) is 10.8. The Morgan fingerprint density at radius 2 is 1.02 bits per heavy atom. The molecule has 0 spiro atoms. The molecule has 7 heteroatoms. The molecule has 0 aromatic heterocycles. The van der Waals surface area contributed by atoms with Gasteiger partial charge in [0.05, 0.1) is 0 Å². The standard InChI is InChI=1S/C13H14O5.6C4H9.2Sn/c14-10-11(15)13-17-7-9(18-13)12(10)16-6-8-4-2-1-3-5-8;6*1-3-4-2;;/h1-5,9-13H,6-7H2;6*1,3-4H2,2H3;;/q-2;;;;;;;2*+1/t9-,10-,11-,12+,13-;;;;;;;;/m1......../s1. The van der Waals surface area contributed by atoms with E-state index in [4.69, 9.17) is 20.4 Å². The summed E-state index contributed by atoms with van der Waals surface area (Å²) in [7, 11) is 0.